The van der Waals surface area contributed by atoms with E-state index in [2.05, 4.69) is 16.8 Å². The summed E-state index contributed by atoms with van der Waals surface area (Å²) in [5.41, 5.74) is 5.46. The van der Waals surface area contributed by atoms with E-state index in [1.165, 1.54) is 5.56 Å². The number of hydrogen-bond donors (Lipinski definition) is 2. The molecule has 0 bridgehead atoms. The lowest BCUT2D eigenvalue weighted by Gasteiger charge is -2.25. The number of hydrogen-bond acceptors (Lipinski definition) is 4. The Hall–Kier alpha value is -3.19. The van der Waals surface area contributed by atoms with Gasteiger partial charge >= 0.3 is 6.03 Å². The SMILES string of the molecule is CC[C@]1(c2ccccc2)NC(=O)N(NC(=O)CN(C)Cc2ccc(C)cc2C)C1=O. The standard InChI is InChI=1S/C23H28N4O3/c1-5-23(19-9-7-6-8-10-19)21(29)27(22(30)24-23)25-20(28)15-26(4)14-18-12-11-16(2)13-17(18)3/h6-13H,5,14-15H2,1-4H3,(H,24,30)(H,25,28)/t23-/m1/s1. The van der Waals surface area contributed by atoms with Gasteiger partial charge in [-0.15, -0.1) is 0 Å². The van der Waals surface area contributed by atoms with Crippen molar-refractivity contribution in [2.75, 3.05) is 13.6 Å². The van der Waals surface area contributed by atoms with Crippen LogP contribution in [-0.2, 0) is 21.7 Å². The fourth-order valence-electron chi connectivity index (χ4n) is 3.81. The number of carbonyl (C=O) groups is 3. The number of imide groups is 1. The number of hydrazine groups is 1. The molecule has 1 saturated heterocycles. The van der Waals surface area contributed by atoms with E-state index in [1.54, 1.807) is 12.1 Å². The van der Waals surface area contributed by atoms with Crippen LogP contribution < -0.4 is 10.7 Å². The third kappa shape index (κ3) is 4.21. The zero-order valence-corrected chi connectivity index (χ0v) is 17.9. The minimum Gasteiger partial charge on any atom is -0.318 e. The number of aryl methyl sites for hydroxylation is 2. The molecule has 4 amide bonds. The second-order valence-electron chi connectivity index (χ2n) is 7.83. The number of benzene rings is 2. The van der Waals surface area contributed by atoms with E-state index in [0.717, 1.165) is 16.1 Å². The van der Waals surface area contributed by atoms with Gasteiger partial charge < -0.3 is 5.32 Å². The fraction of sp³-hybridized carbons (Fsp3) is 0.348. The maximum Gasteiger partial charge on any atom is 0.344 e. The van der Waals surface area contributed by atoms with E-state index in [9.17, 15) is 14.4 Å². The zero-order chi connectivity index (χ0) is 21.9. The van der Waals surface area contributed by atoms with E-state index in [0.29, 0.717) is 18.5 Å². The topological polar surface area (TPSA) is 81.8 Å². The number of nitrogens with one attached hydrogen (secondary N) is 2. The zero-order valence-electron chi connectivity index (χ0n) is 17.9. The molecule has 2 aromatic carbocycles. The molecule has 1 heterocycles. The Morgan fingerprint density at radius 3 is 2.47 bits per heavy atom. The highest BCUT2D eigenvalue weighted by Gasteiger charge is 2.52. The summed E-state index contributed by atoms with van der Waals surface area (Å²) < 4.78 is 0. The van der Waals surface area contributed by atoms with Crippen LogP contribution in [0.4, 0.5) is 4.79 Å². The Morgan fingerprint density at radius 1 is 1.13 bits per heavy atom. The number of rotatable bonds is 7. The van der Waals surface area contributed by atoms with E-state index in [1.807, 2.05) is 63.1 Å². The summed E-state index contributed by atoms with van der Waals surface area (Å²) in [5, 5.41) is 3.55. The Labute approximate surface area is 177 Å². The molecule has 2 N–H and O–H groups in total. The highest BCUT2D eigenvalue weighted by atomic mass is 16.2. The molecule has 0 aromatic heterocycles. The van der Waals surface area contributed by atoms with Gasteiger partial charge in [0.05, 0.1) is 6.54 Å². The van der Waals surface area contributed by atoms with Crippen molar-refractivity contribution in [3.8, 4) is 0 Å². The number of amides is 4. The van der Waals surface area contributed by atoms with E-state index >= 15 is 0 Å². The second-order valence-corrected chi connectivity index (χ2v) is 7.83. The van der Waals surface area contributed by atoms with Crippen LogP contribution in [0.3, 0.4) is 0 Å². The summed E-state index contributed by atoms with van der Waals surface area (Å²) in [5.74, 6) is -0.905. The molecule has 7 heteroatoms. The highest BCUT2D eigenvalue weighted by molar-refractivity contribution is 6.08. The first-order valence-corrected chi connectivity index (χ1v) is 10.0. The first kappa shape index (κ1) is 21.5. The van der Waals surface area contributed by atoms with Crippen molar-refractivity contribution in [2.24, 2.45) is 0 Å². The molecule has 2 aromatic rings. The Morgan fingerprint density at radius 2 is 1.83 bits per heavy atom. The van der Waals surface area contributed by atoms with Crippen molar-refractivity contribution in [3.05, 3.63) is 70.8 Å². The summed E-state index contributed by atoms with van der Waals surface area (Å²) in [6.07, 6.45) is 0.376. The smallest absolute Gasteiger partial charge is 0.318 e. The van der Waals surface area contributed by atoms with E-state index in [-0.39, 0.29) is 6.54 Å². The maximum atomic E-state index is 13.1. The molecule has 0 saturated carbocycles. The van der Waals surface area contributed by atoms with Gasteiger partial charge in [-0.2, -0.15) is 5.01 Å². The number of likely N-dealkylation sites (N-methyl/N-ethyl adjacent to an activating group) is 1. The minimum atomic E-state index is -1.17. The first-order chi connectivity index (χ1) is 14.3. The van der Waals surface area contributed by atoms with Crippen molar-refractivity contribution in [1.29, 1.82) is 0 Å². The molecule has 0 aliphatic carbocycles. The summed E-state index contributed by atoms with van der Waals surface area (Å²) in [4.78, 5) is 39.9. The van der Waals surface area contributed by atoms with Crippen LogP contribution in [-0.4, -0.2) is 41.3 Å². The third-order valence-electron chi connectivity index (χ3n) is 5.48. The molecule has 0 spiro atoms. The molecule has 1 fully saturated rings. The van der Waals surface area contributed by atoms with Crippen molar-refractivity contribution in [3.63, 3.8) is 0 Å². The summed E-state index contributed by atoms with van der Waals surface area (Å²) >= 11 is 0. The van der Waals surface area contributed by atoms with Crippen LogP contribution in [0.2, 0.25) is 0 Å². The largest absolute Gasteiger partial charge is 0.344 e. The summed E-state index contributed by atoms with van der Waals surface area (Å²) in [6, 6.07) is 14.6. The lowest BCUT2D eigenvalue weighted by Crippen LogP contribution is -2.50. The first-order valence-electron chi connectivity index (χ1n) is 10.0. The van der Waals surface area contributed by atoms with Gasteiger partial charge in [-0.3, -0.25) is 19.9 Å². The Balaban J connectivity index is 1.66. The lowest BCUT2D eigenvalue weighted by atomic mass is 9.87. The number of urea groups is 1. The van der Waals surface area contributed by atoms with Crippen LogP contribution in [0.1, 0.15) is 35.6 Å². The molecule has 3 rings (SSSR count). The van der Waals surface area contributed by atoms with Crippen molar-refractivity contribution in [1.82, 2.24) is 20.7 Å². The summed E-state index contributed by atoms with van der Waals surface area (Å²) in [6.45, 7) is 6.54. The molecule has 0 radical (unpaired) electrons. The quantitative estimate of drug-likeness (QED) is 0.690. The van der Waals surface area contributed by atoms with E-state index in [4.69, 9.17) is 0 Å². The van der Waals surface area contributed by atoms with Gasteiger partial charge in [0.1, 0.15) is 5.54 Å². The molecule has 1 aliphatic heterocycles. The van der Waals surface area contributed by atoms with Crippen LogP contribution in [0.5, 0.6) is 0 Å². The normalized spacial score (nSPS) is 18.6. The molecule has 7 nitrogen and oxygen atoms in total. The van der Waals surface area contributed by atoms with Crippen LogP contribution >= 0.6 is 0 Å². The van der Waals surface area contributed by atoms with Gasteiger partial charge in [0, 0.05) is 6.54 Å². The van der Waals surface area contributed by atoms with Gasteiger partial charge in [0.2, 0.25) is 0 Å². The molecule has 158 valence electrons. The average Bonchev–Trinajstić information content (AvgIpc) is 2.96. The van der Waals surface area contributed by atoms with Gasteiger partial charge in [-0.25, -0.2) is 4.79 Å². The second kappa shape index (κ2) is 8.67. The predicted octanol–water partition coefficient (Wildman–Crippen LogP) is 2.62. The van der Waals surface area contributed by atoms with E-state index < -0.39 is 23.4 Å². The monoisotopic (exact) mass is 408 g/mol. The molecule has 30 heavy (non-hydrogen) atoms. The van der Waals surface area contributed by atoms with Gasteiger partial charge in [-0.05, 0) is 44.0 Å². The lowest BCUT2D eigenvalue weighted by molar-refractivity contribution is -0.139. The van der Waals surface area contributed by atoms with Crippen molar-refractivity contribution in [2.45, 2.75) is 39.3 Å². The molecule has 1 atom stereocenters. The Kier molecular flexibility index (Phi) is 6.22. The Bertz CT molecular complexity index is 960. The molecular weight excluding hydrogens is 380 g/mol. The van der Waals surface area contributed by atoms with Gasteiger partial charge in [-0.1, -0.05) is 61.0 Å². The van der Waals surface area contributed by atoms with Crippen LogP contribution in [0.25, 0.3) is 0 Å². The average molecular weight is 409 g/mol. The third-order valence-corrected chi connectivity index (χ3v) is 5.48. The maximum absolute atomic E-state index is 13.1. The van der Waals surface area contributed by atoms with Crippen LogP contribution in [0, 0.1) is 13.8 Å². The van der Waals surface area contributed by atoms with Gasteiger partial charge in [0.15, 0.2) is 0 Å². The van der Waals surface area contributed by atoms with Crippen LogP contribution in [0.15, 0.2) is 48.5 Å². The van der Waals surface area contributed by atoms with Crippen molar-refractivity contribution >= 4 is 17.8 Å². The minimum absolute atomic E-state index is 0.0504. The number of carbonyl (C=O) groups excluding carboxylic acids is 3. The van der Waals surface area contributed by atoms with Gasteiger partial charge in [0.25, 0.3) is 11.8 Å². The highest BCUT2D eigenvalue weighted by Crippen LogP contribution is 2.31. The molecule has 0 unspecified atom stereocenters. The summed E-state index contributed by atoms with van der Waals surface area (Å²) in [7, 11) is 1.82. The number of nitrogens with zero attached hydrogens (tertiary/aromatic N) is 2. The molecular formula is C23H28N4O3. The predicted molar refractivity (Wildman–Crippen MR) is 114 cm³/mol. The molecule has 1 aliphatic rings. The fourth-order valence-corrected chi connectivity index (χ4v) is 3.81. The van der Waals surface area contributed by atoms with Crippen molar-refractivity contribution < 1.29 is 14.4 Å².